The lowest BCUT2D eigenvalue weighted by Gasteiger charge is -2.12. The van der Waals surface area contributed by atoms with Crippen LogP contribution in [0.5, 0.6) is 5.75 Å². The van der Waals surface area contributed by atoms with Crippen LogP contribution in [0.15, 0.2) is 34.1 Å². The summed E-state index contributed by atoms with van der Waals surface area (Å²) in [4.78, 5) is 1.11. The highest BCUT2D eigenvalue weighted by molar-refractivity contribution is 9.11. The first-order valence-corrected chi connectivity index (χ1v) is 7.56. The minimum absolute atomic E-state index is 0.0277. The number of rotatable bonds is 5. The largest absolute Gasteiger partial charge is 0.488 e. The molecule has 1 atom stereocenters. The van der Waals surface area contributed by atoms with E-state index >= 15 is 0 Å². The third-order valence-corrected chi connectivity index (χ3v) is 4.16. The van der Waals surface area contributed by atoms with Crippen molar-refractivity contribution in [3.05, 3.63) is 50.4 Å². The van der Waals surface area contributed by atoms with E-state index in [1.807, 2.05) is 19.1 Å². The van der Waals surface area contributed by atoms with E-state index < -0.39 is 0 Å². The van der Waals surface area contributed by atoms with Crippen LogP contribution in [-0.2, 0) is 13.0 Å². The van der Waals surface area contributed by atoms with Gasteiger partial charge in [0.05, 0.1) is 3.79 Å². The normalized spacial score (nSPS) is 12.4. The molecule has 1 aromatic carbocycles. The van der Waals surface area contributed by atoms with Crippen LogP contribution < -0.4 is 10.5 Å². The van der Waals surface area contributed by atoms with Gasteiger partial charge in [-0.1, -0.05) is 0 Å². The van der Waals surface area contributed by atoms with Gasteiger partial charge in [-0.3, -0.25) is 0 Å². The summed E-state index contributed by atoms with van der Waals surface area (Å²) in [6.07, 6.45) is 0.598. The van der Waals surface area contributed by atoms with E-state index in [0.717, 1.165) is 14.2 Å². The monoisotopic (exact) mass is 343 g/mol. The van der Waals surface area contributed by atoms with Gasteiger partial charge < -0.3 is 10.5 Å². The third kappa shape index (κ3) is 4.30. The maximum Gasteiger partial charge on any atom is 0.123 e. The number of hydrogen-bond donors (Lipinski definition) is 1. The Morgan fingerprint density at radius 2 is 2.16 bits per heavy atom. The van der Waals surface area contributed by atoms with E-state index in [4.69, 9.17) is 10.5 Å². The second kappa shape index (κ2) is 6.50. The molecule has 2 N–H and O–H groups in total. The van der Waals surface area contributed by atoms with Gasteiger partial charge in [-0.2, -0.15) is 0 Å². The zero-order chi connectivity index (χ0) is 13.8. The Balaban J connectivity index is 2.10. The van der Waals surface area contributed by atoms with Crippen LogP contribution in [0.3, 0.4) is 0 Å². The molecule has 0 aliphatic heterocycles. The topological polar surface area (TPSA) is 35.2 Å². The first-order valence-electron chi connectivity index (χ1n) is 5.95. The summed E-state index contributed by atoms with van der Waals surface area (Å²) in [5, 5.41) is 0. The van der Waals surface area contributed by atoms with Gasteiger partial charge in [-0.15, -0.1) is 11.3 Å². The molecule has 0 aliphatic carbocycles. The van der Waals surface area contributed by atoms with Crippen LogP contribution in [0, 0.1) is 5.82 Å². The van der Waals surface area contributed by atoms with Crippen molar-refractivity contribution in [1.29, 1.82) is 0 Å². The Labute approximate surface area is 124 Å². The number of ether oxygens (including phenoxy) is 1. The van der Waals surface area contributed by atoms with Crippen molar-refractivity contribution >= 4 is 27.3 Å². The summed E-state index contributed by atoms with van der Waals surface area (Å²) in [5.74, 6) is 0.435. The molecular formula is C14H15BrFNOS. The molecule has 0 spiro atoms. The van der Waals surface area contributed by atoms with E-state index in [2.05, 4.69) is 15.9 Å². The first kappa shape index (κ1) is 14.5. The summed E-state index contributed by atoms with van der Waals surface area (Å²) in [6.45, 7) is 2.37. The average molecular weight is 344 g/mol. The molecule has 5 heteroatoms. The summed E-state index contributed by atoms with van der Waals surface area (Å²) >= 11 is 5.03. The van der Waals surface area contributed by atoms with Gasteiger partial charge in [0.2, 0.25) is 0 Å². The zero-order valence-corrected chi connectivity index (χ0v) is 12.9. The lowest BCUT2D eigenvalue weighted by atomic mass is 10.1. The van der Waals surface area contributed by atoms with Crippen LogP contribution >= 0.6 is 27.3 Å². The van der Waals surface area contributed by atoms with Crippen LogP contribution in [0.2, 0.25) is 0 Å². The van der Waals surface area contributed by atoms with E-state index in [9.17, 15) is 4.39 Å². The van der Waals surface area contributed by atoms with Gasteiger partial charge in [-0.05, 0) is 65.2 Å². The van der Waals surface area contributed by atoms with Crippen LogP contribution in [-0.4, -0.2) is 6.04 Å². The molecule has 1 heterocycles. The number of nitrogens with two attached hydrogens (primary N) is 1. The molecule has 0 aliphatic rings. The van der Waals surface area contributed by atoms with Crippen molar-refractivity contribution < 1.29 is 9.13 Å². The molecule has 2 nitrogen and oxygen atoms in total. The highest BCUT2D eigenvalue weighted by Crippen LogP contribution is 2.26. The van der Waals surface area contributed by atoms with E-state index in [0.29, 0.717) is 18.8 Å². The SMILES string of the molecule is CC(N)Cc1cc(F)ccc1OCc1ccc(Br)s1. The van der Waals surface area contributed by atoms with Crippen molar-refractivity contribution in [3.63, 3.8) is 0 Å². The molecular weight excluding hydrogens is 329 g/mol. The van der Waals surface area contributed by atoms with E-state index in [1.54, 1.807) is 17.4 Å². The predicted molar refractivity (Wildman–Crippen MR) is 80.1 cm³/mol. The molecule has 0 bridgehead atoms. The minimum atomic E-state index is -0.262. The van der Waals surface area contributed by atoms with Crippen molar-refractivity contribution in [2.24, 2.45) is 5.73 Å². The Morgan fingerprint density at radius 3 is 2.79 bits per heavy atom. The quantitative estimate of drug-likeness (QED) is 0.886. The summed E-state index contributed by atoms with van der Waals surface area (Å²) in [5.41, 5.74) is 6.58. The maximum atomic E-state index is 13.3. The lowest BCUT2D eigenvalue weighted by Crippen LogP contribution is -2.18. The average Bonchev–Trinajstić information content (AvgIpc) is 2.73. The highest BCUT2D eigenvalue weighted by atomic mass is 79.9. The van der Waals surface area contributed by atoms with Crippen LogP contribution in [0.4, 0.5) is 4.39 Å². The van der Waals surface area contributed by atoms with Crippen molar-refractivity contribution in [2.45, 2.75) is 26.0 Å². The van der Waals surface area contributed by atoms with E-state index in [1.165, 1.54) is 12.1 Å². The van der Waals surface area contributed by atoms with Crippen LogP contribution in [0.1, 0.15) is 17.4 Å². The molecule has 1 aromatic heterocycles. The van der Waals surface area contributed by atoms with Gasteiger partial charge in [0.25, 0.3) is 0 Å². The molecule has 0 saturated carbocycles. The van der Waals surface area contributed by atoms with Crippen molar-refractivity contribution in [2.75, 3.05) is 0 Å². The van der Waals surface area contributed by atoms with Gasteiger partial charge in [0, 0.05) is 10.9 Å². The molecule has 2 rings (SSSR count). The number of halogens is 2. The standard InChI is InChI=1S/C14H15BrFNOS/c1-9(17)6-10-7-11(16)2-4-13(10)18-8-12-3-5-14(15)19-12/h2-5,7,9H,6,8,17H2,1H3. The van der Waals surface area contributed by atoms with E-state index in [-0.39, 0.29) is 11.9 Å². The van der Waals surface area contributed by atoms with Gasteiger partial charge in [0.1, 0.15) is 18.2 Å². The summed E-state index contributed by atoms with van der Waals surface area (Å²) in [6, 6.07) is 8.52. The summed E-state index contributed by atoms with van der Waals surface area (Å²) in [7, 11) is 0. The Kier molecular flexibility index (Phi) is 4.96. The Morgan fingerprint density at radius 1 is 1.37 bits per heavy atom. The highest BCUT2D eigenvalue weighted by Gasteiger charge is 2.08. The fraction of sp³-hybridized carbons (Fsp3) is 0.286. The number of hydrogen-bond acceptors (Lipinski definition) is 3. The molecule has 102 valence electrons. The molecule has 0 amide bonds. The number of benzene rings is 1. The second-order valence-electron chi connectivity index (χ2n) is 4.43. The van der Waals surface area contributed by atoms with Gasteiger partial charge in [0.15, 0.2) is 0 Å². The Bertz CT molecular complexity index is 556. The second-order valence-corrected chi connectivity index (χ2v) is 6.98. The predicted octanol–water partition coefficient (Wildman–Crippen LogP) is 4.12. The van der Waals surface area contributed by atoms with Crippen molar-refractivity contribution in [3.8, 4) is 5.75 Å². The van der Waals surface area contributed by atoms with Crippen LogP contribution in [0.25, 0.3) is 0 Å². The van der Waals surface area contributed by atoms with Gasteiger partial charge in [-0.25, -0.2) is 4.39 Å². The van der Waals surface area contributed by atoms with Crippen molar-refractivity contribution in [1.82, 2.24) is 0 Å². The third-order valence-electron chi connectivity index (χ3n) is 2.56. The fourth-order valence-electron chi connectivity index (χ4n) is 1.77. The fourth-order valence-corrected chi connectivity index (χ4v) is 3.17. The molecule has 2 aromatic rings. The first-order chi connectivity index (χ1) is 9.04. The molecule has 0 fully saturated rings. The Hall–Kier alpha value is -0.910. The zero-order valence-electron chi connectivity index (χ0n) is 10.5. The maximum absolute atomic E-state index is 13.3. The molecule has 0 radical (unpaired) electrons. The summed E-state index contributed by atoms with van der Waals surface area (Å²) < 4.78 is 20.1. The number of thiophene rings is 1. The minimum Gasteiger partial charge on any atom is -0.488 e. The lowest BCUT2D eigenvalue weighted by molar-refractivity contribution is 0.305. The van der Waals surface area contributed by atoms with Gasteiger partial charge >= 0.3 is 0 Å². The smallest absolute Gasteiger partial charge is 0.123 e. The molecule has 1 unspecified atom stereocenters. The molecule has 19 heavy (non-hydrogen) atoms. The molecule has 0 saturated heterocycles.